The third-order valence-corrected chi connectivity index (χ3v) is 4.99. The van der Waals surface area contributed by atoms with E-state index in [1.165, 1.54) is 0 Å². The normalized spacial score (nSPS) is 26.8. The molecule has 0 spiro atoms. The summed E-state index contributed by atoms with van der Waals surface area (Å²) in [6.45, 7) is 5.24. The van der Waals surface area contributed by atoms with Crippen LogP contribution in [0.5, 0.6) is 0 Å². The molecular weight excluding hydrogens is 294 g/mol. The van der Waals surface area contributed by atoms with Crippen LogP contribution in [-0.2, 0) is 29.0 Å². The lowest BCUT2D eigenvalue weighted by atomic mass is 10.00. The summed E-state index contributed by atoms with van der Waals surface area (Å²) in [5.41, 5.74) is 8.05. The molecule has 0 aliphatic carbocycles. The van der Waals surface area contributed by atoms with Crippen LogP contribution in [0.15, 0.2) is 6.07 Å². The fraction of sp³-hybridized carbons (Fsp3) is 0.647. The topological polar surface area (TPSA) is 86.4 Å². The van der Waals surface area contributed by atoms with E-state index in [9.17, 15) is 9.59 Å². The van der Waals surface area contributed by atoms with E-state index in [1.807, 2.05) is 19.9 Å². The summed E-state index contributed by atoms with van der Waals surface area (Å²) in [5, 5.41) is 3.00. The van der Waals surface area contributed by atoms with Crippen molar-refractivity contribution in [1.82, 2.24) is 9.88 Å². The molecule has 2 amide bonds. The largest absolute Gasteiger partial charge is 0.375 e. The molecule has 0 bridgehead atoms. The number of carbonyl (C=O) groups excluding carboxylic acids is 2. The Morgan fingerprint density at radius 3 is 2.83 bits per heavy atom. The molecule has 3 unspecified atom stereocenters. The van der Waals surface area contributed by atoms with Crippen LogP contribution in [0.3, 0.4) is 0 Å². The smallest absolute Gasteiger partial charge is 0.250 e. The highest BCUT2D eigenvalue weighted by Crippen LogP contribution is 2.27. The first-order valence-electron chi connectivity index (χ1n) is 8.41. The molecule has 0 radical (unpaired) electrons. The zero-order valence-corrected chi connectivity index (χ0v) is 13.8. The van der Waals surface area contributed by atoms with Crippen LogP contribution in [0.25, 0.3) is 0 Å². The Balaban J connectivity index is 1.71. The predicted molar refractivity (Wildman–Crippen MR) is 85.9 cm³/mol. The maximum absolute atomic E-state index is 12.4. The predicted octanol–water partition coefficient (Wildman–Crippen LogP) is 1.35. The summed E-state index contributed by atoms with van der Waals surface area (Å²) in [6.07, 6.45) is 3.87. The molecule has 3 N–H and O–H groups in total. The van der Waals surface area contributed by atoms with Crippen molar-refractivity contribution in [3.8, 4) is 0 Å². The minimum Gasteiger partial charge on any atom is -0.375 e. The Labute approximate surface area is 136 Å². The fourth-order valence-electron chi connectivity index (χ4n) is 3.81. The Kier molecular flexibility index (Phi) is 4.43. The van der Waals surface area contributed by atoms with Gasteiger partial charge in [0.15, 0.2) is 0 Å². The van der Waals surface area contributed by atoms with Crippen molar-refractivity contribution >= 4 is 11.8 Å². The second-order valence-corrected chi connectivity index (χ2v) is 6.68. The average Bonchev–Trinajstić information content (AvgIpc) is 3.05. The third-order valence-electron chi connectivity index (χ3n) is 4.99. The van der Waals surface area contributed by atoms with Gasteiger partial charge in [-0.2, -0.15) is 0 Å². The van der Waals surface area contributed by atoms with Gasteiger partial charge in [-0.25, -0.2) is 0 Å². The van der Waals surface area contributed by atoms with Crippen LogP contribution < -0.4 is 11.1 Å². The molecule has 1 aromatic heterocycles. The highest BCUT2D eigenvalue weighted by Gasteiger charge is 2.35. The molecule has 6 nitrogen and oxygen atoms in total. The number of nitrogens with one attached hydrogen (secondary N) is 1. The van der Waals surface area contributed by atoms with E-state index in [2.05, 4.69) is 9.88 Å². The van der Waals surface area contributed by atoms with Gasteiger partial charge in [0, 0.05) is 17.9 Å². The summed E-state index contributed by atoms with van der Waals surface area (Å²) < 4.78 is 7.79. The summed E-state index contributed by atoms with van der Waals surface area (Å²) >= 11 is 0. The van der Waals surface area contributed by atoms with Crippen LogP contribution in [0, 0.1) is 5.92 Å². The van der Waals surface area contributed by atoms with Crippen LogP contribution in [0.1, 0.15) is 54.9 Å². The number of hydrogen-bond acceptors (Lipinski definition) is 3. The second kappa shape index (κ2) is 6.35. The molecule has 126 valence electrons. The maximum atomic E-state index is 12.4. The van der Waals surface area contributed by atoms with E-state index < -0.39 is 0 Å². The number of amides is 2. The molecule has 1 aromatic rings. The van der Waals surface area contributed by atoms with Gasteiger partial charge in [0.05, 0.1) is 30.2 Å². The first-order chi connectivity index (χ1) is 11.0. The molecule has 0 aromatic carbocycles. The summed E-state index contributed by atoms with van der Waals surface area (Å²) in [7, 11) is 0. The SMILES string of the molecule is CC1CC(C(=O)NCc2cc(C(N)=O)c3n2CCCC3)C(C)O1. The van der Waals surface area contributed by atoms with E-state index >= 15 is 0 Å². The lowest BCUT2D eigenvalue weighted by Crippen LogP contribution is -2.34. The number of nitrogens with two attached hydrogens (primary N) is 1. The Morgan fingerprint density at radius 2 is 2.17 bits per heavy atom. The van der Waals surface area contributed by atoms with Crippen LogP contribution in [-0.4, -0.2) is 28.6 Å². The number of fused-ring (bicyclic) bond motifs is 1. The number of primary amides is 1. The van der Waals surface area contributed by atoms with Crippen molar-refractivity contribution in [2.45, 2.75) is 64.8 Å². The van der Waals surface area contributed by atoms with Crippen LogP contribution in [0.2, 0.25) is 0 Å². The maximum Gasteiger partial charge on any atom is 0.250 e. The molecule has 6 heteroatoms. The summed E-state index contributed by atoms with van der Waals surface area (Å²) in [4.78, 5) is 24.0. The summed E-state index contributed by atoms with van der Waals surface area (Å²) in [6, 6.07) is 1.83. The molecule has 0 saturated carbocycles. The molecule has 1 saturated heterocycles. The van der Waals surface area contributed by atoms with Crippen molar-refractivity contribution in [2.24, 2.45) is 11.7 Å². The van der Waals surface area contributed by atoms with E-state index in [0.717, 1.165) is 43.6 Å². The molecule has 2 aliphatic heterocycles. The first-order valence-corrected chi connectivity index (χ1v) is 8.41. The molecule has 1 fully saturated rings. The lowest BCUT2D eigenvalue weighted by molar-refractivity contribution is -0.126. The van der Waals surface area contributed by atoms with E-state index in [0.29, 0.717) is 12.1 Å². The average molecular weight is 319 g/mol. The van der Waals surface area contributed by atoms with Gasteiger partial charge in [0.2, 0.25) is 5.91 Å². The number of nitrogens with zero attached hydrogens (tertiary/aromatic N) is 1. The van der Waals surface area contributed by atoms with Crippen molar-refractivity contribution < 1.29 is 14.3 Å². The Morgan fingerprint density at radius 1 is 1.39 bits per heavy atom. The Hall–Kier alpha value is -1.82. The minimum absolute atomic E-state index is 0.0221. The van der Waals surface area contributed by atoms with E-state index in [4.69, 9.17) is 10.5 Å². The van der Waals surface area contributed by atoms with Gasteiger partial charge in [-0.1, -0.05) is 0 Å². The number of ether oxygens (including phenoxy) is 1. The quantitative estimate of drug-likeness (QED) is 0.878. The molecule has 2 aliphatic rings. The monoisotopic (exact) mass is 319 g/mol. The molecular formula is C17H25N3O3. The first kappa shape index (κ1) is 16.1. The zero-order valence-electron chi connectivity index (χ0n) is 13.8. The standard InChI is InChI=1S/C17H25N3O3/c1-10-7-13(11(2)23-10)17(22)19-9-12-8-14(16(18)21)15-5-3-4-6-20(12)15/h8,10-11,13H,3-7,9H2,1-2H3,(H2,18,21)(H,19,22). The minimum atomic E-state index is -0.389. The third kappa shape index (κ3) is 3.13. The molecule has 3 heterocycles. The van der Waals surface area contributed by atoms with Crippen LogP contribution >= 0.6 is 0 Å². The highest BCUT2D eigenvalue weighted by molar-refractivity contribution is 5.94. The van der Waals surface area contributed by atoms with E-state index in [-0.39, 0.29) is 29.9 Å². The van der Waals surface area contributed by atoms with Gasteiger partial charge in [-0.15, -0.1) is 0 Å². The Bertz CT molecular complexity index is 623. The zero-order chi connectivity index (χ0) is 16.6. The number of rotatable bonds is 4. The van der Waals surface area contributed by atoms with Crippen LogP contribution in [0.4, 0.5) is 0 Å². The number of hydrogen-bond donors (Lipinski definition) is 2. The van der Waals surface area contributed by atoms with Gasteiger partial charge in [-0.3, -0.25) is 9.59 Å². The molecule has 3 atom stereocenters. The van der Waals surface area contributed by atoms with Gasteiger partial charge in [0.1, 0.15) is 0 Å². The highest BCUT2D eigenvalue weighted by atomic mass is 16.5. The van der Waals surface area contributed by atoms with Gasteiger partial charge < -0.3 is 20.4 Å². The van der Waals surface area contributed by atoms with Gasteiger partial charge in [0.25, 0.3) is 5.91 Å². The molecule has 23 heavy (non-hydrogen) atoms. The van der Waals surface area contributed by atoms with Crippen molar-refractivity contribution in [2.75, 3.05) is 0 Å². The summed E-state index contributed by atoms with van der Waals surface area (Å²) in [5.74, 6) is -0.467. The lowest BCUT2D eigenvalue weighted by Gasteiger charge is -2.19. The number of carbonyl (C=O) groups is 2. The second-order valence-electron chi connectivity index (χ2n) is 6.68. The van der Waals surface area contributed by atoms with E-state index in [1.54, 1.807) is 0 Å². The fourth-order valence-corrected chi connectivity index (χ4v) is 3.81. The van der Waals surface area contributed by atoms with Crippen molar-refractivity contribution in [1.29, 1.82) is 0 Å². The van der Waals surface area contributed by atoms with Crippen molar-refractivity contribution in [3.63, 3.8) is 0 Å². The number of aromatic nitrogens is 1. The molecule has 3 rings (SSSR count). The van der Waals surface area contributed by atoms with Crippen molar-refractivity contribution in [3.05, 3.63) is 23.0 Å². The van der Waals surface area contributed by atoms with Gasteiger partial charge in [-0.05, 0) is 45.6 Å². The van der Waals surface area contributed by atoms with Gasteiger partial charge >= 0.3 is 0 Å².